The second kappa shape index (κ2) is 6.56. The lowest BCUT2D eigenvalue weighted by Gasteiger charge is -2.13. The maximum absolute atomic E-state index is 12.6. The molecule has 0 heterocycles. The molecule has 2 aromatic rings. The van der Waals surface area contributed by atoms with Gasteiger partial charge in [0.25, 0.3) is 0 Å². The molecule has 6 heteroatoms. The van der Waals surface area contributed by atoms with Crippen molar-refractivity contribution < 1.29 is 14.3 Å². The van der Waals surface area contributed by atoms with Crippen LogP contribution in [0.25, 0.3) is 0 Å². The minimum atomic E-state index is -0.330. The van der Waals surface area contributed by atoms with Crippen molar-refractivity contribution in [3.05, 3.63) is 56.5 Å². The summed E-state index contributed by atoms with van der Waals surface area (Å²) in [5.74, 6) is 0.322. The molecular formula is C15H11Cl3O3. The molecule has 0 bridgehead atoms. The molecule has 110 valence electrons. The van der Waals surface area contributed by atoms with E-state index in [0.717, 1.165) is 0 Å². The molecule has 0 aromatic heterocycles. The number of rotatable bonds is 4. The Morgan fingerprint density at radius 1 is 0.952 bits per heavy atom. The third-order valence-electron chi connectivity index (χ3n) is 2.90. The standard InChI is InChI=1S/C15H11Cl3O3/c1-20-12-6-4-9(15(21-2)13(12)18)14(19)10-7-8(16)3-5-11(10)17/h3-7H,1-2H3. The van der Waals surface area contributed by atoms with Gasteiger partial charge >= 0.3 is 0 Å². The summed E-state index contributed by atoms with van der Waals surface area (Å²) in [6.45, 7) is 0. The van der Waals surface area contributed by atoms with Crippen molar-refractivity contribution in [1.29, 1.82) is 0 Å². The Labute approximate surface area is 137 Å². The summed E-state index contributed by atoms with van der Waals surface area (Å²) in [5, 5.41) is 0.948. The first-order chi connectivity index (χ1) is 9.99. The number of ketones is 1. The van der Waals surface area contributed by atoms with Gasteiger partial charge in [0.1, 0.15) is 10.8 Å². The molecule has 0 unspecified atom stereocenters. The Morgan fingerprint density at radius 3 is 2.29 bits per heavy atom. The van der Waals surface area contributed by atoms with Gasteiger partial charge in [0, 0.05) is 10.6 Å². The second-order valence-electron chi connectivity index (χ2n) is 4.12. The van der Waals surface area contributed by atoms with Crippen LogP contribution in [0.4, 0.5) is 0 Å². The molecule has 0 fully saturated rings. The van der Waals surface area contributed by atoms with Crippen LogP contribution in [0.2, 0.25) is 15.1 Å². The van der Waals surface area contributed by atoms with Crippen molar-refractivity contribution in [3.63, 3.8) is 0 Å². The van der Waals surface area contributed by atoms with E-state index in [9.17, 15) is 4.79 Å². The van der Waals surface area contributed by atoms with Gasteiger partial charge in [-0.05, 0) is 30.3 Å². The minimum absolute atomic E-state index is 0.226. The topological polar surface area (TPSA) is 35.5 Å². The van der Waals surface area contributed by atoms with Crippen LogP contribution in [0.1, 0.15) is 15.9 Å². The maximum Gasteiger partial charge on any atom is 0.198 e. The Balaban J connectivity index is 2.58. The van der Waals surface area contributed by atoms with Gasteiger partial charge < -0.3 is 9.47 Å². The smallest absolute Gasteiger partial charge is 0.198 e. The van der Waals surface area contributed by atoms with Crippen LogP contribution in [0.5, 0.6) is 11.5 Å². The molecule has 0 aliphatic carbocycles. The number of ether oxygens (including phenoxy) is 2. The van der Waals surface area contributed by atoms with Crippen LogP contribution in [0.3, 0.4) is 0 Å². The van der Waals surface area contributed by atoms with E-state index in [1.165, 1.54) is 20.3 Å². The third kappa shape index (κ3) is 3.10. The highest BCUT2D eigenvalue weighted by atomic mass is 35.5. The van der Waals surface area contributed by atoms with Crippen LogP contribution in [-0.4, -0.2) is 20.0 Å². The molecule has 0 aliphatic heterocycles. The van der Waals surface area contributed by atoms with Gasteiger partial charge in [-0.1, -0.05) is 34.8 Å². The third-order valence-corrected chi connectivity index (χ3v) is 3.83. The van der Waals surface area contributed by atoms with Crippen LogP contribution >= 0.6 is 34.8 Å². The van der Waals surface area contributed by atoms with Crippen molar-refractivity contribution in [3.8, 4) is 11.5 Å². The molecule has 0 amide bonds. The fourth-order valence-electron chi connectivity index (χ4n) is 1.89. The average molecular weight is 346 g/mol. The zero-order valence-corrected chi connectivity index (χ0v) is 13.5. The van der Waals surface area contributed by atoms with Gasteiger partial charge in [-0.2, -0.15) is 0 Å². The van der Waals surface area contributed by atoms with Gasteiger partial charge in [0.15, 0.2) is 11.5 Å². The monoisotopic (exact) mass is 344 g/mol. The lowest BCUT2D eigenvalue weighted by molar-refractivity contribution is 0.103. The summed E-state index contributed by atoms with van der Waals surface area (Å²) in [7, 11) is 2.91. The highest BCUT2D eigenvalue weighted by Gasteiger charge is 2.21. The van der Waals surface area contributed by atoms with Crippen molar-refractivity contribution in [2.24, 2.45) is 0 Å². The molecule has 2 aromatic carbocycles. The number of methoxy groups -OCH3 is 2. The summed E-state index contributed by atoms with van der Waals surface area (Å²) in [6, 6.07) is 7.84. The summed E-state index contributed by atoms with van der Waals surface area (Å²) < 4.78 is 10.3. The number of carbonyl (C=O) groups excluding carboxylic acids is 1. The van der Waals surface area contributed by atoms with Crippen molar-refractivity contribution in [1.82, 2.24) is 0 Å². The molecule has 2 rings (SSSR count). The lowest BCUT2D eigenvalue weighted by Crippen LogP contribution is -2.06. The summed E-state index contributed by atoms with van der Waals surface area (Å²) in [6.07, 6.45) is 0. The molecular weight excluding hydrogens is 335 g/mol. The predicted molar refractivity (Wildman–Crippen MR) is 84.5 cm³/mol. The van der Waals surface area contributed by atoms with Crippen molar-refractivity contribution in [2.75, 3.05) is 14.2 Å². The van der Waals surface area contributed by atoms with Crippen LogP contribution in [0, 0.1) is 0 Å². The fourth-order valence-corrected chi connectivity index (χ4v) is 2.59. The molecule has 0 saturated heterocycles. The van der Waals surface area contributed by atoms with Gasteiger partial charge in [-0.15, -0.1) is 0 Å². The molecule has 0 saturated carbocycles. The Hall–Kier alpha value is -1.42. The van der Waals surface area contributed by atoms with Gasteiger partial charge in [-0.3, -0.25) is 4.79 Å². The van der Waals surface area contributed by atoms with Crippen molar-refractivity contribution in [2.45, 2.75) is 0 Å². The molecule has 0 spiro atoms. The molecule has 3 nitrogen and oxygen atoms in total. The number of hydrogen-bond acceptors (Lipinski definition) is 3. The van der Waals surface area contributed by atoms with E-state index in [1.54, 1.807) is 24.3 Å². The van der Waals surface area contributed by atoms with Crippen molar-refractivity contribution >= 4 is 40.6 Å². The zero-order valence-electron chi connectivity index (χ0n) is 11.2. The first kappa shape index (κ1) is 16.0. The predicted octanol–water partition coefficient (Wildman–Crippen LogP) is 4.90. The van der Waals surface area contributed by atoms with E-state index in [4.69, 9.17) is 44.3 Å². The highest BCUT2D eigenvalue weighted by Crippen LogP contribution is 2.38. The fraction of sp³-hybridized carbons (Fsp3) is 0.133. The summed E-state index contributed by atoms with van der Waals surface area (Å²) >= 11 is 18.1. The Morgan fingerprint density at radius 2 is 1.67 bits per heavy atom. The normalized spacial score (nSPS) is 10.3. The molecule has 0 atom stereocenters. The molecule has 0 radical (unpaired) electrons. The first-order valence-corrected chi connectivity index (χ1v) is 7.03. The number of halogens is 3. The van der Waals surface area contributed by atoms with Crippen LogP contribution in [-0.2, 0) is 0 Å². The maximum atomic E-state index is 12.6. The summed E-state index contributed by atoms with van der Waals surface area (Å²) in [4.78, 5) is 12.6. The second-order valence-corrected chi connectivity index (χ2v) is 5.34. The minimum Gasteiger partial charge on any atom is -0.495 e. The van der Waals surface area contributed by atoms with Gasteiger partial charge in [-0.25, -0.2) is 0 Å². The lowest BCUT2D eigenvalue weighted by atomic mass is 10.0. The average Bonchev–Trinajstić information content (AvgIpc) is 2.48. The quantitative estimate of drug-likeness (QED) is 0.740. The Kier molecular flexibility index (Phi) is 4.99. The molecule has 21 heavy (non-hydrogen) atoms. The SMILES string of the molecule is COc1ccc(C(=O)c2cc(Cl)ccc2Cl)c(OC)c1Cl. The number of carbonyl (C=O) groups is 1. The molecule has 0 N–H and O–H groups in total. The van der Waals surface area contributed by atoms with E-state index in [2.05, 4.69) is 0 Å². The van der Waals surface area contributed by atoms with E-state index in [1.807, 2.05) is 0 Å². The largest absolute Gasteiger partial charge is 0.495 e. The molecule has 0 aliphatic rings. The van der Waals surface area contributed by atoms with E-state index >= 15 is 0 Å². The Bertz CT molecular complexity index is 699. The zero-order chi connectivity index (χ0) is 15.6. The number of hydrogen-bond donors (Lipinski definition) is 0. The van der Waals surface area contributed by atoms with Gasteiger partial charge in [0.05, 0.1) is 24.8 Å². The van der Waals surface area contributed by atoms with E-state index < -0.39 is 0 Å². The summed E-state index contributed by atoms with van der Waals surface area (Å²) in [5.41, 5.74) is 0.566. The highest BCUT2D eigenvalue weighted by molar-refractivity contribution is 6.38. The van der Waals surface area contributed by atoms with Crippen LogP contribution < -0.4 is 9.47 Å². The van der Waals surface area contributed by atoms with E-state index in [0.29, 0.717) is 15.8 Å². The van der Waals surface area contributed by atoms with Gasteiger partial charge in [0.2, 0.25) is 0 Å². The van der Waals surface area contributed by atoms with E-state index in [-0.39, 0.29) is 27.7 Å². The van der Waals surface area contributed by atoms with Crippen LogP contribution in [0.15, 0.2) is 30.3 Å². The number of benzene rings is 2. The first-order valence-electron chi connectivity index (χ1n) is 5.89.